The Kier molecular flexibility index (Phi) is 8.09. The Labute approximate surface area is 167 Å². The van der Waals surface area contributed by atoms with Crippen LogP contribution in [0.1, 0.15) is 5.56 Å². The Bertz CT molecular complexity index is 995. The van der Waals surface area contributed by atoms with Gasteiger partial charge in [-0.1, -0.05) is 18.2 Å². The van der Waals surface area contributed by atoms with Crippen LogP contribution in [0.4, 0.5) is 24.7 Å². The number of halogens is 6. The van der Waals surface area contributed by atoms with Gasteiger partial charge in [0, 0.05) is 32.4 Å². The van der Waals surface area contributed by atoms with Crippen molar-refractivity contribution < 1.29 is 21.6 Å². The summed E-state index contributed by atoms with van der Waals surface area (Å²) in [4.78, 5) is 8.00. The Balaban J connectivity index is 0.000000542. The van der Waals surface area contributed by atoms with Gasteiger partial charge in [0.15, 0.2) is 0 Å². The molecule has 0 atom stereocenters. The Morgan fingerprint density at radius 3 is 2.11 bits per heavy atom. The third kappa shape index (κ3) is 7.76. The first-order valence-corrected chi connectivity index (χ1v) is 9.96. The molecule has 0 aliphatic rings. The molecule has 3 aromatic rings. The maximum Gasteiger partial charge on any atom is 0.416 e. The maximum absolute atomic E-state index is 12.7. The van der Waals surface area contributed by atoms with Crippen LogP contribution in [0.15, 0.2) is 54.9 Å². The number of aromatic nitrogens is 2. The summed E-state index contributed by atoms with van der Waals surface area (Å²) in [5.41, 5.74) is 0.329. The summed E-state index contributed by atoms with van der Waals surface area (Å²) < 4.78 is 56.4. The summed E-state index contributed by atoms with van der Waals surface area (Å²) in [6, 6.07) is 12.7. The summed E-state index contributed by atoms with van der Waals surface area (Å²) in [7, 11) is 4.81. The monoisotopic (exact) mass is 459 g/mol. The standard InChI is InChI=1S/C15H10F3N3.Cl2O2S.ClH/c16-15(17,18)10-6-7-12-13(8-10)19-9-20-14(12)21-11-4-2-1-3-5-11;1-5(2,3)4;/h1-9H,(H,19,20,21);;1H. The van der Waals surface area contributed by atoms with Crippen molar-refractivity contribution in [3.8, 4) is 0 Å². The second-order valence-electron chi connectivity index (χ2n) is 4.82. The lowest BCUT2D eigenvalue weighted by molar-refractivity contribution is -0.137. The smallest absolute Gasteiger partial charge is 0.340 e. The molecule has 0 unspecified atom stereocenters. The van der Waals surface area contributed by atoms with Crippen molar-refractivity contribution in [1.29, 1.82) is 0 Å². The number of nitrogens with one attached hydrogen (secondary N) is 1. The van der Waals surface area contributed by atoms with Gasteiger partial charge >= 0.3 is 14.4 Å². The molecule has 2 aromatic carbocycles. The molecular formula is C15H11Cl3F3N3O2S. The maximum atomic E-state index is 12.7. The van der Waals surface area contributed by atoms with Crippen molar-refractivity contribution in [3.05, 3.63) is 60.4 Å². The molecule has 3 rings (SSSR count). The van der Waals surface area contributed by atoms with E-state index in [-0.39, 0.29) is 17.9 Å². The summed E-state index contributed by atoms with van der Waals surface area (Å²) in [5.74, 6) is 0.472. The van der Waals surface area contributed by atoms with Crippen molar-refractivity contribution in [2.45, 2.75) is 6.18 Å². The zero-order valence-corrected chi connectivity index (χ0v) is 16.3. The SMILES string of the molecule is Cl.FC(F)(F)c1ccc2c(Nc3ccccc3)ncnc2c1.O=S(=O)(Cl)Cl. The highest BCUT2D eigenvalue weighted by Gasteiger charge is 2.30. The van der Waals surface area contributed by atoms with E-state index >= 15 is 0 Å². The predicted octanol–water partition coefficient (Wildman–Crippen LogP) is 5.52. The van der Waals surface area contributed by atoms with Crippen LogP contribution in [0.25, 0.3) is 10.9 Å². The molecule has 1 N–H and O–H groups in total. The molecule has 0 radical (unpaired) electrons. The normalized spacial score (nSPS) is 11.1. The van der Waals surface area contributed by atoms with Crippen molar-refractivity contribution in [2.24, 2.45) is 0 Å². The first-order valence-electron chi connectivity index (χ1n) is 6.82. The van der Waals surface area contributed by atoms with Gasteiger partial charge in [0.25, 0.3) is 0 Å². The summed E-state index contributed by atoms with van der Waals surface area (Å²) in [5, 5.41) is 3.61. The van der Waals surface area contributed by atoms with Crippen LogP contribution < -0.4 is 5.32 Å². The number of benzene rings is 2. The molecule has 27 heavy (non-hydrogen) atoms. The van der Waals surface area contributed by atoms with E-state index < -0.39 is 20.0 Å². The molecule has 0 amide bonds. The summed E-state index contributed by atoms with van der Waals surface area (Å²) in [6.07, 6.45) is -3.14. The molecule has 0 fully saturated rings. The highest BCUT2D eigenvalue weighted by molar-refractivity contribution is 8.31. The summed E-state index contributed by atoms with van der Waals surface area (Å²) in [6.45, 7) is 0. The first kappa shape index (κ1) is 23.2. The predicted molar refractivity (Wildman–Crippen MR) is 102 cm³/mol. The Hall–Kier alpha value is -1.81. The molecule has 1 aromatic heterocycles. The quantitative estimate of drug-likeness (QED) is 0.510. The van der Waals surface area contributed by atoms with Crippen LogP contribution in [0.2, 0.25) is 0 Å². The molecule has 0 aliphatic heterocycles. The largest absolute Gasteiger partial charge is 0.416 e. The van der Waals surface area contributed by atoms with E-state index in [1.807, 2.05) is 30.3 Å². The van der Waals surface area contributed by atoms with E-state index in [9.17, 15) is 13.2 Å². The highest BCUT2D eigenvalue weighted by Crippen LogP contribution is 2.32. The second kappa shape index (κ2) is 9.41. The fourth-order valence-corrected chi connectivity index (χ4v) is 1.99. The number of hydrogen-bond donors (Lipinski definition) is 1. The van der Waals surface area contributed by atoms with Gasteiger partial charge in [0.1, 0.15) is 12.1 Å². The Morgan fingerprint density at radius 2 is 1.56 bits per heavy atom. The number of anilines is 2. The first-order chi connectivity index (χ1) is 12.0. The number of fused-ring (bicyclic) bond motifs is 1. The van der Waals surface area contributed by atoms with Crippen LogP contribution in [-0.2, 0) is 14.4 Å². The average molecular weight is 461 g/mol. The molecule has 146 valence electrons. The van der Waals surface area contributed by atoms with Gasteiger partial charge in [-0.3, -0.25) is 0 Å². The van der Waals surface area contributed by atoms with Crippen LogP contribution in [0.3, 0.4) is 0 Å². The average Bonchev–Trinajstić information content (AvgIpc) is 2.53. The topological polar surface area (TPSA) is 72.0 Å². The summed E-state index contributed by atoms with van der Waals surface area (Å²) >= 11 is 0. The minimum Gasteiger partial charge on any atom is -0.340 e. The van der Waals surface area contributed by atoms with E-state index in [0.29, 0.717) is 11.2 Å². The van der Waals surface area contributed by atoms with Crippen molar-refractivity contribution in [1.82, 2.24) is 9.97 Å². The molecule has 5 nitrogen and oxygen atoms in total. The number of hydrogen-bond acceptors (Lipinski definition) is 5. The van der Waals surface area contributed by atoms with Gasteiger partial charge in [0.05, 0.1) is 11.1 Å². The molecule has 0 saturated carbocycles. The molecule has 0 spiro atoms. The van der Waals surface area contributed by atoms with Gasteiger partial charge in [-0.25, -0.2) is 9.97 Å². The molecular weight excluding hydrogens is 450 g/mol. The lowest BCUT2D eigenvalue weighted by atomic mass is 10.1. The minimum absolute atomic E-state index is 0. The highest BCUT2D eigenvalue weighted by atomic mass is 36.0. The second-order valence-corrected chi connectivity index (χ2v) is 8.49. The fourth-order valence-electron chi connectivity index (χ4n) is 1.99. The lowest BCUT2D eigenvalue weighted by Crippen LogP contribution is -2.05. The van der Waals surface area contributed by atoms with E-state index in [1.54, 1.807) is 0 Å². The van der Waals surface area contributed by atoms with Crippen molar-refractivity contribution >= 4 is 64.4 Å². The third-order valence-electron chi connectivity index (χ3n) is 3.00. The van der Waals surface area contributed by atoms with Gasteiger partial charge in [-0.05, 0) is 30.3 Å². The van der Waals surface area contributed by atoms with E-state index in [1.165, 1.54) is 12.4 Å². The Morgan fingerprint density at radius 1 is 0.963 bits per heavy atom. The third-order valence-corrected chi connectivity index (χ3v) is 3.00. The van der Waals surface area contributed by atoms with Crippen molar-refractivity contribution in [2.75, 3.05) is 5.32 Å². The van der Waals surface area contributed by atoms with Crippen molar-refractivity contribution in [3.63, 3.8) is 0 Å². The zero-order chi connectivity index (χ0) is 19.4. The molecule has 1 heterocycles. The molecule has 12 heteroatoms. The molecule has 0 saturated heterocycles. The van der Waals surface area contributed by atoms with Crippen LogP contribution >= 0.6 is 33.8 Å². The van der Waals surface area contributed by atoms with Gasteiger partial charge in [0.2, 0.25) is 0 Å². The van der Waals surface area contributed by atoms with Gasteiger partial charge in [-0.2, -0.15) is 21.6 Å². The van der Waals surface area contributed by atoms with E-state index in [0.717, 1.165) is 17.8 Å². The number of para-hydroxylation sites is 1. The van der Waals surface area contributed by atoms with Gasteiger partial charge < -0.3 is 5.32 Å². The zero-order valence-electron chi connectivity index (χ0n) is 13.1. The van der Waals surface area contributed by atoms with Crippen LogP contribution in [0.5, 0.6) is 0 Å². The molecule has 0 aliphatic carbocycles. The van der Waals surface area contributed by atoms with Crippen LogP contribution in [-0.4, -0.2) is 18.4 Å². The van der Waals surface area contributed by atoms with Gasteiger partial charge in [-0.15, -0.1) is 12.4 Å². The number of nitrogens with zero attached hydrogens (tertiary/aromatic N) is 2. The van der Waals surface area contributed by atoms with E-state index in [4.69, 9.17) is 8.42 Å². The molecule has 0 bridgehead atoms. The fraction of sp³-hybridized carbons (Fsp3) is 0.0667. The lowest BCUT2D eigenvalue weighted by Gasteiger charge is -2.10. The number of alkyl halides is 3. The van der Waals surface area contributed by atoms with Crippen LogP contribution in [0, 0.1) is 0 Å². The minimum atomic E-state index is -4.38. The number of rotatable bonds is 2. The van der Waals surface area contributed by atoms with E-state index in [2.05, 4.69) is 36.6 Å².